The van der Waals surface area contributed by atoms with Crippen molar-refractivity contribution in [2.75, 3.05) is 38.5 Å². The lowest BCUT2D eigenvalue weighted by Crippen LogP contribution is -2.16. The van der Waals surface area contributed by atoms with E-state index in [1.165, 1.54) is 44.2 Å². The molecule has 0 radical (unpaired) electrons. The van der Waals surface area contributed by atoms with Gasteiger partial charge in [0.25, 0.3) is 0 Å². The number of esters is 2. The molecule has 0 spiro atoms. The lowest BCUT2D eigenvalue weighted by molar-refractivity contribution is -0.113. The third-order valence-corrected chi connectivity index (χ3v) is 4.94. The van der Waals surface area contributed by atoms with Crippen molar-refractivity contribution >= 4 is 35.3 Å². The molecule has 2 aromatic carbocycles. The maximum Gasteiger partial charge on any atom is 0.337 e. The third kappa shape index (κ3) is 5.20. The number of methoxy groups -OCH3 is 2. The highest BCUT2D eigenvalue weighted by atomic mass is 32.2. The van der Waals surface area contributed by atoms with Crippen LogP contribution in [0.3, 0.4) is 0 Å². The van der Waals surface area contributed by atoms with Crippen molar-refractivity contribution in [3.05, 3.63) is 47.5 Å². The predicted octanol–water partition coefficient (Wildman–Crippen LogP) is 2.76. The summed E-state index contributed by atoms with van der Waals surface area (Å²) in [4.78, 5) is 36.9. The fourth-order valence-electron chi connectivity index (χ4n) is 2.63. The number of rotatable bonds is 6. The Morgan fingerprint density at radius 2 is 1.55 bits per heavy atom. The zero-order valence-electron chi connectivity index (χ0n) is 15.9. The van der Waals surface area contributed by atoms with Gasteiger partial charge in [-0.2, -0.15) is 0 Å². The summed E-state index contributed by atoms with van der Waals surface area (Å²) in [6.07, 6.45) is 0. The van der Waals surface area contributed by atoms with E-state index in [-0.39, 0.29) is 22.8 Å². The van der Waals surface area contributed by atoms with Gasteiger partial charge in [0.05, 0.1) is 31.1 Å². The number of fused-ring (bicyclic) bond motifs is 1. The van der Waals surface area contributed by atoms with E-state index in [1.807, 2.05) is 12.1 Å². The van der Waals surface area contributed by atoms with Crippen LogP contribution in [0, 0.1) is 0 Å². The van der Waals surface area contributed by atoms with Crippen LogP contribution in [0.15, 0.2) is 41.3 Å². The van der Waals surface area contributed by atoms with Crippen LogP contribution < -0.4 is 14.8 Å². The number of hydrogen-bond acceptors (Lipinski definition) is 8. The Balaban J connectivity index is 1.68. The largest absolute Gasteiger partial charge is 0.486 e. The Morgan fingerprint density at radius 1 is 0.931 bits per heavy atom. The summed E-state index contributed by atoms with van der Waals surface area (Å²) in [5, 5.41) is 2.68. The number of benzene rings is 2. The average molecular weight is 417 g/mol. The summed E-state index contributed by atoms with van der Waals surface area (Å²) in [5.41, 5.74) is 0.552. The first-order valence-corrected chi connectivity index (χ1v) is 9.62. The van der Waals surface area contributed by atoms with E-state index in [0.29, 0.717) is 30.4 Å². The van der Waals surface area contributed by atoms with E-state index in [9.17, 15) is 14.4 Å². The van der Waals surface area contributed by atoms with Crippen molar-refractivity contribution in [2.45, 2.75) is 4.90 Å². The number of hydrogen-bond donors (Lipinski definition) is 1. The summed E-state index contributed by atoms with van der Waals surface area (Å²) >= 11 is 1.32. The highest BCUT2D eigenvalue weighted by Gasteiger charge is 2.16. The molecule has 152 valence electrons. The maximum atomic E-state index is 12.4. The molecular weight excluding hydrogens is 398 g/mol. The second kappa shape index (κ2) is 9.33. The number of nitrogens with one attached hydrogen (secondary N) is 1. The Hall–Kier alpha value is -3.20. The number of carbonyl (C=O) groups excluding carboxylic acids is 3. The molecule has 0 atom stereocenters. The molecule has 9 heteroatoms. The van der Waals surface area contributed by atoms with Crippen LogP contribution in [0.25, 0.3) is 0 Å². The Kier molecular flexibility index (Phi) is 6.61. The van der Waals surface area contributed by atoms with Gasteiger partial charge in [-0.3, -0.25) is 4.79 Å². The van der Waals surface area contributed by atoms with Crippen LogP contribution in [-0.4, -0.2) is 51.0 Å². The summed E-state index contributed by atoms with van der Waals surface area (Å²) < 4.78 is 20.4. The molecule has 1 aliphatic rings. The molecule has 2 aromatic rings. The number of thioether (sulfide) groups is 1. The molecule has 1 N–H and O–H groups in total. The number of carbonyl (C=O) groups is 3. The van der Waals surface area contributed by atoms with Gasteiger partial charge in [0.2, 0.25) is 5.91 Å². The van der Waals surface area contributed by atoms with Gasteiger partial charge in [-0.1, -0.05) is 0 Å². The van der Waals surface area contributed by atoms with Gasteiger partial charge in [0.15, 0.2) is 11.5 Å². The van der Waals surface area contributed by atoms with Crippen molar-refractivity contribution in [1.29, 1.82) is 0 Å². The van der Waals surface area contributed by atoms with Crippen LogP contribution in [0.2, 0.25) is 0 Å². The van der Waals surface area contributed by atoms with Gasteiger partial charge in [-0.15, -0.1) is 11.8 Å². The molecule has 0 saturated heterocycles. The second-order valence-electron chi connectivity index (χ2n) is 5.92. The van der Waals surface area contributed by atoms with Crippen LogP contribution in [0.1, 0.15) is 20.7 Å². The van der Waals surface area contributed by atoms with Crippen LogP contribution >= 0.6 is 11.8 Å². The highest BCUT2D eigenvalue weighted by Crippen LogP contribution is 2.34. The molecule has 3 rings (SSSR count). The fraction of sp³-hybridized carbons (Fsp3) is 0.250. The molecule has 1 aliphatic heterocycles. The Morgan fingerprint density at radius 3 is 2.17 bits per heavy atom. The smallest absolute Gasteiger partial charge is 0.337 e. The lowest BCUT2D eigenvalue weighted by atomic mass is 10.1. The molecule has 29 heavy (non-hydrogen) atoms. The molecular formula is C20H19NO7S. The third-order valence-electron chi connectivity index (χ3n) is 3.94. The van der Waals surface area contributed by atoms with E-state index in [0.717, 1.165) is 4.90 Å². The topological polar surface area (TPSA) is 100 Å². The van der Waals surface area contributed by atoms with E-state index < -0.39 is 11.9 Å². The molecule has 0 fully saturated rings. The van der Waals surface area contributed by atoms with Gasteiger partial charge in [-0.05, 0) is 36.4 Å². The Bertz CT molecular complexity index is 910. The molecule has 0 saturated carbocycles. The van der Waals surface area contributed by atoms with Crippen molar-refractivity contribution in [2.24, 2.45) is 0 Å². The molecule has 1 heterocycles. The van der Waals surface area contributed by atoms with Crippen LogP contribution in [-0.2, 0) is 14.3 Å². The first-order chi connectivity index (χ1) is 14.0. The van der Waals surface area contributed by atoms with Crippen molar-refractivity contribution < 1.29 is 33.3 Å². The monoisotopic (exact) mass is 417 g/mol. The molecule has 0 aliphatic carbocycles. The minimum Gasteiger partial charge on any atom is -0.486 e. The van der Waals surface area contributed by atoms with Crippen molar-refractivity contribution in [3.8, 4) is 11.5 Å². The molecule has 1 amide bonds. The molecule has 8 nitrogen and oxygen atoms in total. The van der Waals surface area contributed by atoms with Crippen molar-refractivity contribution in [3.63, 3.8) is 0 Å². The Labute approximate surface area is 171 Å². The zero-order chi connectivity index (χ0) is 20.8. The number of ether oxygens (including phenoxy) is 4. The van der Waals surface area contributed by atoms with Crippen LogP contribution in [0.5, 0.6) is 11.5 Å². The van der Waals surface area contributed by atoms with E-state index >= 15 is 0 Å². The van der Waals surface area contributed by atoms with E-state index in [4.69, 9.17) is 9.47 Å². The number of anilines is 1. The van der Waals surface area contributed by atoms with Gasteiger partial charge in [-0.25, -0.2) is 9.59 Å². The minimum atomic E-state index is -0.628. The summed E-state index contributed by atoms with van der Waals surface area (Å²) in [7, 11) is 2.46. The quantitative estimate of drug-likeness (QED) is 0.566. The molecule has 0 unspecified atom stereocenters. The second-order valence-corrected chi connectivity index (χ2v) is 6.97. The fourth-order valence-corrected chi connectivity index (χ4v) is 3.36. The summed E-state index contributed by atoms with van der Waals surface area (Å²) in [6, 6.07) is 9.68. The van der Waals surface area contributed by atoms with Gasteiger partial charge < -0.3 is 24.3 Å². The zero-order valence-corrected chi connectivity index (χ0v) is 16.7. The standard InChI is InChI=1S/C20H19NO7S/c1-25-19(23)12-7-13(20(24)26-2)9-14(8-12)21-18(22)11-29-15-3-4-16-17(10-15)28-6-5-27-16/h3-4,7-10H,5-6,11H2,1-2H3,(H,21,22). The minimum absolute atomic E-state index is 0.121. The summed E-state index contributed by atoms with van der Waals surface area (Å²) in [6.45, 7) is 1.00. The number of amides is 1. The van der Waals surface area contributed by atoms with Crippen LogP contribution in [0.4, 0.5) is 5.69 Å². The normalized spacial score (nSPS) is 12.1. The first-order valence-electron chi connectivity index (χ1n) is 8.64. The van der Waals surface area contributed by atoms with Gasteiger partial charge >= 0.3 is 11.9 Å². The van der Waals surface area contributed by atoms with E-state index in [2.05, 4.69) is 14.8 Å². The lowest BCUT2D eigenvalue weighted by Gasteiger charge is -2.18. The van der Waals surface area contributed by atoms with Gasteiger partial charge in [0, 0.05) is 10.6 Å². The van der Waals surface area contributed by atoms with Crippen molar-refractivity contribution in [1.82, 2.24) is 0 Å². The maximum absolute atomic E-state index is 12.4. The summed E-state index contributed by atoms with van der Waals surface area (Å²) in [5.74, 6) is -0.109. The van der Waals surface area contributed by atoms with Gasteiger partial charge in [0.1, 0.15) is 13.2 Å². The first kappa shape index (κ1) is 20.5. The predicted molar refractivity (Wildman–Crippen MR) is 106 cm³/mol. The van der Waals surface area contributed by atoms with E-state index in [1.54, 1.807) is 6.07 Å². The molecule has 0 aromatic heterocycles. The average Bonchev–Trinajstić information content (AvgIpc) is 2.76. The molecule has 0 bridgehead atoms. The SMILES string of the molecule is COC(=O)c1cc(NC(=O)CSc2ccc3c(c2)OCCO3)cc(C(=O)OC)c1. The highest BCUT2D eigenvalue weighted by molar-refractivity contribution is 8.00.